The van der Waals surface area contributed by atoms with Gasteiger partial charge in [0.25, 0.3) is 0 Å². The molecule has 0 saturated carbocycles. The van der Waals surface area contributed by atoms with Crippen LogP contribution in [0.25, 0.3) is 0 Å². The zero-order valence-electron chi connectivity index (χ0n) is 12.4. The fraction of sp³-hybridized carbons (Fsp3) is 0.455. The van der Waals surface area contributed by atoms with E-state index in [0.717, 1.165) is 0 Å². The van der Waals surface area contributed by atoms with Crippen LogP contribution in [0, 0.1) is 0 Å². The third kappa shape index (κ3) is 7.37. The van der Waals surface area contributed by atoms with Crippen molar-refractivity contribution in [2.24, 2.45) is 0 Å². The van der Waals surface area contributed by atoms with Crippen LogP contribution in [0.5, 0.6) is 0 Å². The highest BCUT2D eigenvalue weighted by molar-refractivity contribution is 7.90. The Hall–Kier alpha value is -1.05. The first-order valence-corrected chi connectivity index (χ1v) is 11.3. The molecule has 0 bridgehead atoms. The van der Waals surface area contributed by atoms with Gasteiger partial charge in [0.1, 0.15) is 0 Å². The largest absolute Gasteiger partial charge is 0.240 e. The first-order chi connectivity index (χ1) is 10.6. The normalized spacial score (nSPS) is 13.1. The second-order valence-electron chi connectivity index (χ2n) is 4.45. The zero-order chi connectivity index (χ0) is 17.6. The van der Waals surface area contributed by atoms with Crippen LogP contribution in [0.4, 0.5) is 0 Å². The molecule has 0 aromatic heterocycles. The molecule has 0 fully saturated rings. The van der Waals surface area contributed by atoms with E-state index in [1.54, 1.807) is 18.2 Å². The van der Waals surface area contributed by atoms with Gasteiger partial charge in [0.15, 0.2) is 0 Å². The van der Waals surface area contributed by atoms with Gasteiger partial charge in [-0.15, -0.1) is 0 Å². The van der Waals surface area contributed by atoms with Gasteiger partial charge in [-0.3, -0.25) is 0 Å². The fourth-order valence-electron chi connectivity index (χ4n) is 1.50. The first-order valence-electron chi connectivity index (χ1n) is 6.51. The lowest BCUT2D eigenvalue weighted by Crippen LogP contribution is -2.37. The predicted molar refractivity (Wildman–Crippen MR) is 86.3 cm³/mol. The molecule has 1 aromatic rings. The van der Waals surface area contributed by atoms with Crippen molar-refractivity contribution in [2.45, 2.75) is 4.90 Å². The molecular formula is C11H19N3O6S3. The second-order valence-corrected chi connectivity index (χ2v) is 10.2. The minimum atomic E-state index is -3.79. The molecular weight excluding hydrogens is 366 g/mol. The van der Waals surface area contributed by atoms with Gasteiger partial charge < -0.3 is 0 Å². The van der Waals surface area contributed by atoms with E-state index >= 15 is 0 Å². The van der Waals surface area contributed by atoms with Crippen molar-refractivity contribution in [1.29, 1.82) is 0 Å². The molecule has 0 spiro atoms. The van der Waals surface area contributed by atoms with Crippen LogP contribution in [-0.4, -0.2) is 56.9 Å². The van der Waals surface area contributed by atoms with Gasteiger partial charge in [-0.25, -0.2) is 39.4 Å². The second kappa shape index (κ2) is 8.17. The molecule has 23 heavy (non-hydrogen) atoms. The van der Waals surface area contributed by atoms with Crippen LogP contribution in [-0.2, 0) is 30.1 Å². The lowest BCUT2D eigenvalue weighted by molar-refractivity contribution is 0.575. The molecule has 0 radical (unpaired) electrons. The van der Waals surface area contributed by atoms with E-state index < -0.39 is 41.6 Å². The van der Waals surface area contributed by atoms with Crippen molar-refractivity contribution >= 4 is 30.1 Å². The van der Waals surface area contributed by atoms with E-state index in [0.29, 0.717) is 0 Å². The third-order valence-electron chi connectivity index (χ3n) is 2.72. The minimum absolute atomic E-state index is 0.0328. The maximum Gasteiger partial charge on any atom is 0.240 e. The lowest BCUT2D eigenvalue weighted by atomic mass is 10.4. The van der Waals surface area contributed by atoms with Gasteiger partial charge in [0.05, 0.1) is 16.4 Å². The van der Waals surface area contributed by atoms with Crippen molar-refractivity contribution < 1.29 is 25.3 Å². The van der Waals surface area contributed by atoms with Crippen LogP contribution < -0.4 is 14.2 Å². The summed E-state index contributed by atoms with van der Waals surface area (Å²) in [5, 5.41) is 0. The van der Waals surface area contributed by atoms with Crippen molar-refractivity contribution in [3.8, 4) is 0 Å². The SMILES string of the molecule is CNS(=O)(=O)CCNS(=O)(=O)CCNS(=O)(=O)c1ccccc1. The summed E-state index contributed by atoms with van der Waals surface area (Å²) < 4.78 is 75.7. The Balaban J connectivity index is 2.48. The summed E-state index contributed by atoms with van der Waals surface area (Å²) in [7, 11) is -9.85. The molecule has 12 heteroatoms. The summed E-state index contributed by atoms with van der Waals surface area (Å²) in [4.78, 5) is 0.0328. The van der Waals surface area contributed by atoms with Gasteiger partial charge in [0, 0.05) is 13.1 Å². The van der Waals surface area contributed by atoms with Crippen molar-refractivity contribution in [1.82, 2.24) is 14.2 Å². The molecule has 0 aliphatic rings. The quantitative estimate of drug-likeness (QED) is 0.445. The maximum atomic E-state index is 11.9. The van der Waals surface area contributed by atoms with Gasteiger partial charge >= 0.3 is 0 Å². The van der Waals surface area contributed by atoms with E-state index in [4.69, 9.17) is 0 Å². The summed E-state index contributed by atoms with van der Waals surface area (Å²) in [5.74, 6) is -0.906. The average Bonchev–Trinajstić information content (AvgIpc) is 2.47. The summed E-state index contributed by atoms with van der Waals surface area (Å²) in [5.41, 5.74) is 0. The van der Waals surface area contributed by atoms with Crippen LogP contribution in [0.3, 0.4) is 0 Å². The third-order valence-corrected chi connectivity index (χ3v) is 6.95. The topological polar surface area (TPSA) is 139 Å². The summed E-state index contributed by atoms with van der Waals surface area (Å²) in [6.45, 7) is -0.623. The maximum absolute atomic E-state index is 11.9. The molecule has 0 aliphatic heterocycles. The van der Waals surface area contributed by atoms with Crippen LogP contribution in [0.2, 0.25) is 0 Å². The molecule has 0 saturated heterocycles. The van der Waals surface area contributed by atoms with E-state index in [9.17, 15) is 25.3 Å². The summed E-state index contributed by atoms with van der Waals surface area (Å²) >= 11 is 0. The standard InChI is InChI=1S/C11H19N3O6S3/c1-12-21(15,16)9-7-13-22(17,18)10-8-14-23(19,20)11-5-3-2-4-6-11/h2-6,12-14H,7-10H2,1H3. The Labute approximate surface area is 136 Å². The smallest absolute Gasteiger partial charge is 0.218 e. The summed E-state index contributed by atoms with van der Waals surface area (Å²) in [6.07, 6.45) is 0. The molecule has 1 aromatic carbocycles. The molecule has 1 rings (SSSR count). The Morgan fingerprint density at radius 2 is 1.30 bits per heavy atom. The molecule has 3 N–H and O–H groups in total. The number of hydrogen-bond acceptors (Lipinski definition) is 6. The number of sulfonamides is 3. The van der Waals surface area contributed by atoms with Gasteiger partial charge in [-0.2, -0.15) is 0 Å². The number of nitrogens with one attached hydrogen (secondary N) is 3. The van der Waals surface area contributed by atoms with Gasteiger partial charge in [-0.1, -0.05) is 18.2 Å². The molecule has 0 aliphatic carbocycles. The monoisotopic (exact) mass is 385 g/mol. The minimum Gasteiger partial charge on any atom is -0.218 e. The van der Waals surface area contributed by atoms with Crippen molar-refractivity contribution in [3.63, 3.8) is 0 Å². The highest BCUT2D eigenvalue weighted by atomic mass is 32.2. The highest BCUT2D eigenvalue weighted by Crippen LogP contribution is 2.06. The Morgan fingerprint density at radius 1 is 0.783 bits per heavy atom. The molecule has 132 valence electrons. The molecule has 0 heterocycles. The molecule has 0 atom stereocenters. The Morgan fingerprint density at radius 3 is 1.87 bits per heavy atom. The first kappa shape index (κ1) is 20.0. The average molecular weight is 385 g/mol. The summed E-state index contributed by atoms with van der Waals surface area (Å²) in [6, 6.07) is 7.53. The van der Waals surface area contributed by atoms with E-state index in [1.165, 1.54) is 19.2 Å². The fourth-order valence-corrected chi connectivity index (χ4v) is 4.31. The Kier molecular flexibility index (Phi) is 7.10. The highest BCUT2D eigenvalue weighted by Gasteiger charge is 2.16. The number of rotatable bonds is 10. The van der Waals surface area contributed by atoms with Crippen molar-refractivity contribution in [3.05, 3.63) is 30.3 Å². The van der Waals surface area contributed by atoms with E-state index in [-0.39, 0.29) is 18.0 Å². The van der Waals surface area contributed by atoms with Gasteiger partial charge in [0.2, 0.25) is 30.1 Å². The van der Waals surface area contributed by atoms with Crippen LogP contribution in [0.1, 0.15) is 0 Å². The molecule has 0 unspecified atom stereocenters. The molecule has 9 nitrogen and oxygen atoms in total. The van der Waals surface area contributed by atoms with E-state index in [2.05, 4.69) is 14.2 Å². The van der Waals surface area contributed by atoms with Gasteiger partial charge in [-0.05, 0) is 19.2 Å². The number of hydrogen-bond donors (Lipinski definition) is 3. The molecule has 0 amide bonds. The lowest BCUT2D eigenvalue weighted by Gasteiger charge is -2.08. The predicted octanol–water partition coefficient (Wildman–Crippen LogP) is -1.57. The van der Waals surface area contributed by atoms with Crippen LogP contribution in [0.15, 0.2) is 35.2 Å². The van der Waals surface area contributed by atoms with Crippen LogP contribution >= 0.6 is 0 Å². The van der Waals surface area contributed by atoms with Crippen molar-refractivity contribution in [2.75, 3.05) is 31.6 Å². The Bertz CT molecular complexity index is 804. The zero-order valence-corrected chi connectivity index (χ0v) is 14.8. The number of benzene rings is 1. The van der Waals surface area contributed by atoms with E-state index in [1.807, 2.05) is 0 Å².